The second-order valence-corrected chi connectivity index (χ2v) is 5.66. The van der Waals surface area contributed by atoms with Crippen LogP contribution in [0.15, 0.2) is 22.5 Å². The molecule has 0 unspecified atom stereocenters. The van der Waals surface area contributed by atoms with E-state index in [1.165, 1.54) is 0 Å². The zero-order valence-electron chi connectivity index (χ0n) is 9.18. The number of carbonyl (C=O) groups excluding carboxylic acids is 1. The molecule has 0 saturated heterocycles. The number of rotatable bonds is 3. The summed E-state index contributed by atoms with van der Waals surface area (Å²) in [7, 11) is 0. The quantitative estimate of drug-likeness (QED) is 0.828. The van der Waals surface area contributed by atoms with E-state index in [1.54, 1.807) is 23.1 Å². The number of carbonyl (C=O) groups is 1. The first-order valence-electron chi connectivity index (χ1n) is 5.31. The fourth-order valence-electron chi connectivity index (χ4n) is 1.57. The molecule has 1 aliphatic rings. The van der Waals surface area contributed by atoms with Crippen LogP contribution >= 0.6 is 23.1 Å². The maximum atomic E-state index is 12.0. The predicted octanol–water partition coefficient (Wildman–Crippen LogP) is 2.24. The van der Waals surface area contributed by atoms with Crippen LogP contribution < -0.4 is 0 Å². The van der Waals surface area contributed by atoms with E-state index in [0.29, 0.717) is 6.42 Å². The SMILES string of the molecule is CCSC1=NCCN1C(=O)Cc1cccs1. The second-order valence-electron chi connectivity index (χ2n) is 3.40. The minimum atomic E-state index is 0.166. The largest absolute Gasteiger partial charge is 0.289 e. The van der Waals surface area contributed by atoms with Crippen molar-refractivity contribution in [3.63, 3.8) is 0 Å². The van der Waals surface area contributed by atoms with Gasteiger partial charge in [0, 0.05) is 11.4 Å². The molecular formula is C11H14N2OS2. The van der Waals surface area contributed by atoms with Crippen molar-refractivity contribution in [3.05, 3.63) is 22.4 Å². The molecule has 1 aliphatic heterocycles. The number of amides is 1. The van der Waals surface area contributed by atoms with E-state index >= 15 is 0 Å². The van der Waals surface area contributed by atoms with Crippen LogP contribution in [0.25, 0.3) is 0 Å². The Morgan fingerprint density at radius 2 is 2.56 bits per heavy atom. The number of hydrogen-bond acceptors (Lipinski definition) is 4. The van der Waals surface area contributed by atoms with Crippen molar-refractivity contribution in [2.24, 2.45) is 4.99 Å². The summed E-state index contributed by atoms with van der Waals surface area (Å²) in [6.07, 6.45) is 0.501. The Morgan fingerprint density at radius 3 is 3.25 bits per heavy atom. The summed E-state index contributed by atoms with van der Waals surface area (Å²) >= 11 is 3.28. The van der Waals surface area contributed by atoms with Crippen molar-refractivity contribution in [2.75, 3.05) is 18.8 Å². The number of hydrogen-bond donors (Lipinski definition) is 0. The van der Waals surface area contributed by atoms with Gasteiger partial charge < -0.3 is 0 Å². The zero-order valence-corrected chi connectivity index (χ0v) is 10.8. The van der Waals surface area contributed by atoms with Crippen LogP contribution in [0.3, 0.4) is 0 Å². The molecule has 1 aromatic rings. The van der Waals surface area contributed by atoms with Crippen molar-refractivity contribution in [3.8, 4) is 0 Å². The Hall–Kier alpha value is -0.810. The van der Waals surface area contributed by atoms with Crippen molar-refractivity contribution >= 4 is 34.2 Å². The lowest BCUT2D eigenvalue weighted by Gasteiger charge is -2.16. The molecule has 3 nitrogen and oxygen atoms in total. The van der Waals surface area contributed by atoms with E-state index in [2.05, 4.69) is 11.9 Å². The maximum Gasteiger partial charge on any atom is 0.233 e. The van der Waals surface area contributed by atoms with Gasteiger partial charge in [0.25, 0.3) is 0 Å². The molecule has 0 N–H and O–H groups in total. The highest BCUT2D eigenvalue weighted by atomic mass is 32.2. The summed E-state index contributed by atoms with van der Waals surface area (Å²) in [6.45, 7) is 3.57. The van der Waals surface area contributed by atoms with Gasteiger partial charge in [-0.2, -0.15) is 0 Å². The molecule has 16 heavy (non-hydrogen) atoms. The van der Waals surface area contributed by atoms with Crippen LogP contribution in [0.2, 0.25) is 0 Å². The van der Waals surface area contributed by atoms with E-state index < -0.39 is 0 Å². The van der Waals surface area contributed by atoms with Crippen molar-refractivity contribution in [2.45, 2.75) is 13.3 Å². The molecule has 0 aliphatic carbocycles. The number of thiophene rings is 1. The Balaban J connectivity index is 1.97. The van der Waals surface area contributed by atoms with Crippen LogP contribution in [0, 0.1) is 0 Å². The average Bonchev–Trinajstić information content (AvgIpc) is 2.89. The molecule has 0 saturated carbocycles. The third kappa shape index (κ3) is 2.65. The van der Waals surface area contributed by atoms with Gasteiger partial charge in [0.1, 0.15) is 0 Å². The molecule has 86 valence electrons. The lowest BCUT2D eigenvalue weighted by atomic mass is 10.3. The first-order valence-corrected chi connectivity index (χ1v) is 7.17. The Morgan fingerprint density at radius 1 is 1.69 bits per heavy atom. The Labute approximate surface area is 104 Å². The summed E-state index contributed by atoms with van der Waals surface area (Å²) in [4.78, 5) is 19.3. The first kappa shape index (κ1) is 11.7. The molecule has 1 aromatic heterocycles. The van der Waals surface area contributed by atoms with E-state index in [4.69, 9.17) is 0 Å². The number of thioether (sulfide) groups is 1. The topological polar surface area (TPSA) is 32.7 Å². The standard InChI is InChI=1S/C11H14N2OS2/c1-2-15-11-12-5-6-13(11)10(14)8-9-4-3-7-16-9/h3-4,7H,2,5-6,8H2,1H3. The molecule has 0 spiro atoms. The van der Waals surface area contributed by atoms with Gasteiger partial charge in [-0.15, -0.1) is 11.3 Å². The minimum absolute atomic E-state index is 0.166. The molecule has 2 heterocycles. The van der Waals surface area contributed by atoms with Crippen LogP contribution in [0.4, 0.5) is 0 Å². The third-order valence-electron chi connectivity index (χ3n) is 2.28. The lowest BCUT2D eigenvalue weighted by Crippen LogP contribution is -2.33. The summed E-state index contributed by atoms with van der Waals surface area (Å²) in [5.74, 6) is 1.13. The number of aliphatic imine (C=N–C) groups is 1. The predicted molar refractivity (Wildman–Crippen MR) is 70.2 cm³/mol. The fourth-order valence-corrected chi connectivity index (χ4v) is 3.05. The van der Waals surface area contributed by atoms with E-state index in [9.17, 15) is 4.79 Å². The van der Waals surface area contributed by atoms with Crippen LogP contribution in [-0.2, 0) is 11.2 Å². The highest BCUT2D eigenvalue weighted by molar-refractivity contribution is 8.13. The smallest absolute Gasteiger partial charge is 0.233 e. The van der Waals surface area contributed by atoms with E-state index in [0.717, 1.165) is 28.9 Å². The van der Waals surface area contributed by atoms with Gasteiger partial charge in [0.05, 0.1) is 13.0 Å². The van der Waals surface area contributed by atoms with Crippen LogP contribution in [0.1, 0.15) is 11.8 Å². The van der Waals surface area contributed by atoms with Crippen LogP contribution in [0.5, 0.6) is 0 Å². The number of nitrogens with zero attached hydrogens (tertiary/aromatic N) is 2. The lowest BCUT2D eigenvalue weighted by molar-refractivity contribution is -0.126. The third-order valence-corrected chi connectivity index (χ3v) is 4.05. The maximum absolute atomic E-state index is 12.0. The van der Waals surface area contributed by atoms with Gasteiger partial charge in [-0.05, 0) is 17.2 Å². The van der Waals surface area contributed by atoms with Crippen molar-refractivity contribution < 1.29 is 4.79 Å². The molecule has 0 radical (unpaired) electrons. The Kier molecular flexibility index (Phi) is 4.01. The first-order chi connectivity index (χ1) is 7.81. The van der Waals surface area contributed by atoms with Gasteiger partial charge in [-0.25, -0.2) is 0 Å². The zero-order chi connectivity index (χ0) is 11.4. The van der Waals surface area contributed by atoms with E-state index in [1.807, 2.05) is 22.4 Å². The van der Waals surface area contributed by atoms with Gasteiger partial charge in [0.15, 0.2) is 5.17 Å². The summed E-state index contributed by atoms with van der Waals surface area (Å²) in [5, 5.41) is 2.90. The van der Waals surface area contributed by atoms with Crippen LogP contribution in [-0.4, -0.2) is 34.8 Å². The van der Waals surface area contributed by atoms with Gasteiger partial charge in [-0.1, -0.05) is 24.8 Å². The molecule has 0 aromatic carbocycles. The number of amidine groups is 1. The highest BCUT2D eigenvalue weighted by Gasteiger charge is 2.23. The van der Waals surface area contributed by atoms with Crippen molar-refractivity contribution in [1.29, 1.82) is 0 Å². The van der Waals surface area contributed by atoms with Gasteiger partial charge >= 0.3 is 0 Å². The molecule has 2 rings (SSSR count). The molecule has 0 fully saturated rings. The second kappa shape index (κ2) is 5.50. The normalized spacial score (nSPS) is 15.3. The molecule has 1 amide bonds. The summed E-state index contributed by atoms with van der Waals surface area (Å²) in [5.41, 5.74) is 0. The minimum Gasteiger partial charge on any atom is -0.289 e. The summed E-state index contributed by atoms with van der Waals surface area (Å²) < 4.78 is 0. The average molecular weight is 254 g/mol. The molecule has 0 atom stereocenters. The summed E-state index contributed by atoms with van der Waals surface area (Å²) in [6, 6.07) is 3.98. The monoisotopic (exact) mass is 254 g/mol. The molecular weight excluding hydrogens is 240 g/mol. The van der Waals surface area contributed by atoms with Gasteiger partial charge in [-0.3, -0.25) is 14.7 Å². The Bertz CT molecular complexity index is 387. The molecule has 0 bridgehead atoms. The van der Waals surface area contributed by atoms with E-state index in [-0.39, 0.29) is 5.91 Å². The van der Waals surface area contributed by atoms with Crippen molar-refractivity contribution in [1.82, 2.24) is 4.90 Å². The van der Waals surface area contributed by atoms with Gasteiger partial charge in [0.2, 0.25) is 5.91 Å². The molecule has 5 heteroatoms. The fraction of sp³-hybridized carbons (Fsp3) is 0.455. The highest BCUT2D eigenvalue weighted by Crippen LogP contribution is 2.17.